The van der Waals surface area contributed by atoms with Gasteiger partial charge < -0.3 is 9.73 Å². The fourth-order valence-electron chi connectivity index (χ4n) is 2.37. The molecule has 2 aromatic rings. The lowest BCUT2D eigenvalue weighted by Gasteiger charge is -2.00. The van der Waals surface area contributed by atoms with Gasteiger partial charge in [0.05, 0.1) is 0 Å². The standard InChI is InChI=1S/C17H21NO/c1-12(6-4-10-18-15-8-9-15)16-11-14-7-3-5-13(2)17(14)19-16/h3,5-7,11,15,18H,4,8-10H2,1-2H3/b12-6-. The number of hydrogen-bond donors (Lipinski definition) is 1. The second-order valence-electron chi connectivity index (χ2n) is 5.51. The first-order valence-corrected chi connectivity index (χ1v) is 7.14. The summed E-state index contributed by atoms with van der Waals surface area (Å²) in [5.74, 6) is 0.996. The summed E-state index contributed by atoms with van der Waals surface area (Å²) in [7, 11) is 0. The lowest BCUT2D eigenvalue weighted by Crippen LogP contribution is -2.16. The number of allylic oxidation sites excluding steroid dienone is 1. The van der Waals surface area contributed by atoms with Crippen molar-refractivity contribution in [2.24, 2.45) is 0 Å². The van der Waals surface area contributed by atoms with Gasteiger partial charge in [-0.05, 0) is 56.9 Å². The third kappa shape index (κ3) is 2.90. The number of hydrogen-bond acceptors (Lipinski definition) is 2. The van der Waals surface area contributed by atoms with Crippen LogP contribution in [0.2, 0.25) is 0 Å². The Morgan fingerprint density at radius 3 is 3.00 bits per heavy atom. The first kappa shape index (κ1) is 12.5. The van der Waals surface area contributed by atoms with Crippen LogP contribution in [0.3, 0.4) is 0 Å². The molecule has 0 aliphatic heterocycles. The molecule has 100 valence electrons. The minimum Gasteiger partial charge on any atom is -0.456 e. The molecule has 1 fully saturated rings. The molecular formula is C17H21NO. The summed E-state index contributed by atoms with van der Waals surface area (Å²) >= 11 is 0. The molecular weight excluding hydrogens is 234 g/mol. The van der Waals surface area contributed by atoms with Crippen molar-refractivity contribution >= 4 is 16.5 Å². The van der Waals surface area contributed by atoms with Gasteiger partial charge in [0.25, 0.3) is 0 Å². The Labute approximate surface area is 114 Å². The van der Waals surface area contributed by atoms with E-state index in [-0.39, 0.29) is 0 Å². The van der Waals surface area contributed by atoms with E-state index in [4.69, 9.17) is 4.42 Å². The molecule has 1 heterocycles. The molecule has 0 bridgehead atoms. The van der Waals surface area contributed by atoms with Crippen molar-refractivity contribution < 1.29 is 4.42 Å². The summed E-state index contributed by atoms with van der Waals surface area (Å²) in [6, 6.07) is 9.21. The summed E-state index contributed by atoms with van der Waals surface area (Å²) in [6.45, 7) is 5.29. The van der Waals surface area contributed by atoms with E-state index >= 15 is 0 Å². The van der Waals surface area contributed by atoms with Gasteiger partial charge in [0, 0.05) is 11.4 Å². The predicted molar refractivity (Wildman–Crippen MR) is 80.2 cm³/mol. The Kier molecular flexibility index (Phi) is 3.43. The fourth-order valence-corrected chi connectivity index (χ4v) is 2.37. The van der Waals surface area contributed by atoms with Crippen LogP contribution in [0.5, 0.6) is 0 Å². The molecule has 1 saturated carbocycles. The number of benzene rings is 1. The molecule has 2 nitrogen and oxygen atoms in total. The van der Waals surface area contributed by atoms with Gasteiger partial charge in [-0.2, -0.15) is 0 Å². The highest BCUT2D eigenvalue weighted by Gasteiger charge is 2.19. The Morgan fingerprint density at radius 2 is 2.26 bits per heavy atom. The number of para-hydroxylation sites is 1. The number of nitrogens with one attached hydrogen (secondary N) is 1. The molecule has 0 spiro atoms. The molecule has 1 N–H and O–H groups in total. The molecule has 1 aromatic heterocycles. The quantitative estimate of drug-likeness (QED) is 0.806. The molecule has 0 atom stereocenters. The van der Waals surface area contributed by atoms with Gasteiger partial charge in [-0.3, -0.25) is 0 Å². The molecule has 3 rings (SSSR count). The second kappa shape index (κ2) is 5.22. The summed E-state index contributed by atoms with van der Waals surface area (Å²) in [5, 5.41) is 4.72. The van der Waals surface area contributed by atoms with E-state index in [1.54, 1.807) is 0 Å². The van der Waals surface area contributed by atoms with Crippen molar-refractivity contribution in [2.45, 2.75) is 39.2 Å². The Hall–Kier alpha value is -1.54. The minimum absolute atomic E-state index is 0.794. The largest absolute Gasteiger partial charge is 0.456 e. The number of rotatable bonds is 5. The zero-order valence-electron chi connectivity index (χ0n) is 11.7. The molecule has 0 unspecified atom stereocenters. The van der Waals surface area contributed by atoms with Crippen molar-refractivity contribution in [1.82, 2.24) is 5.32 Å². The van der Waals surface area contributed by atoms with Crippen molar-refractivity contribution in [1.29, 1.82) is 0 Å². The average Bonchev–Trinajstić information content (AvgIpc) is 3.11. The van der Waals surface area contributed by atoms with Gasteiger partial charge in [0.15, 0.2) is 0 Å². The third-order valence-corrected chi connectivity index (χ3v) is 3.73. The Bertz CT molecular complexity index is 605. The van der Waals surface area contributed by atoms with Gasteiger partial charge in [-0.25, -0.2) is 0 Å². The van der Waals surface area contributed by atoms with Crippen LogP contribution in [0, 0.1) is 6.92 Å². The lowest BCUT2D eigenvalue weighted by molar-refractivity contribution is 0.596. The van der Waals surface area contributed by atoms with E-state index in [0.717, 1.165) is 30.4 Å². The first-order valence-electron chi connectivity index (χ1n) is 7.14. The predicted octanol–water partition coefficient (Wildman–Crippen LogP) is 4.29. The molecule has 1 aliphatic rings. The van der Waals surface area contributed by atoms with Crippen LogP contribution >= 0.6 is 0 Å². The number of fused-ring (bicyclic) bond motifs is 1. The van der Waals surface area contributed by atoms with Crippen LogP contribution in [0.15, 0.2) is 34.8 Å². The van der Waals surface area contributed by atoms with Gasteiger partial charge in [0.2, 0.25) is 0 Å². The van der Waals surface area contributed by atoms with Gasteiger partial charge in [0.1, 0.15) is 11.3 Å². The highest BCUT2D eigenvalue weighted by molar-refractivity contribution is 5.84. The van der Waals surface area contributed by atoms with E-state index in [1.165, 1.54) is 29.4 Å². The maximum absolute atomic E-state index is 5.96. The van der Waals surface area contributed by atoms with E-state index in [1.807, 2.05) is 0 Å². The molecule has 19 heavy (non-hydrogen) atoms. The number of aryl methyl sites for hydroxylation is 1. The highest BCUT2D eigenvalue weighted by Crippen LogP contribution is 2.27. The zero-order chi connectivity index (χ0) is 13.2. The van der Waals surface area contributed by atoms with Gasteiger partial charge in [-0.15, -0.1) is 0 Å². The van der Waals surface area contributed by atoms with Crippen molar-refractivity contribution in [3.05, 3.63) is 41.7 Å². The zero-order valence-corrected chi connectivity index (χ0v) is 11.7. The maximum atomic E-state index is 5.96. The summed E-state index contributed by atoms with van der Waals surface area (Å²) in [4.78, 5) is 0. The lowest BCUT2D eigenvalue weighted by atomic mass is 10.1. The molecule has 1 aromatic carbocycles. The second-order valence-corrected chi connectivity index (χ2v) is 5.51. The summed E-state index contributed by atoms with van der Waals surface area (Å²) in [5.41, 5.74) is 3.45. The molecule has 0 radical (unpaired) electrons. The van der Waals surface area contributed by atoms with E-state index in [9.17, 15) is 0 Å². The monoisotopic (exact) mass is 255 g/mol. The van der Waals surface area contributed by atoms with Crippen LogP contribution < -0.4 is 5.32 Å². The Morgan fingerprint density at radius 1 is 1.42 bits per heavy atom. The average molecular weight is 255 g/mol. The van der Waals surface area contributed by atoms with Crippen molar-refractivity contribution in [3.63, 3.8) is 0 Å². The fraction of sp³-hybridized carbons (Fsp3) is 0.412. The highest BCUT2D eigenvalue weighted by atomic mass is 16.3. The van der Waals surface area contributed by atoms with Gasteiger partial charge >= 0.3 is 0 Å². The summed E-state index contributed by atoms with van der Waals surface area (Å²) in [6.07, 6.45) is 6.04. The molecule has 2 heteroatoms. The summed E-state index contributed by atoms with van der Waals surface area (Å²) < 4.78 is 5.96. The van der Waals surface area contributed by atoms with Gasteiger partial charge in [-0.1, -0.05) is 24.3 Å². The normalized spacial score (nSPS) is 16.2. The maximum Gasteiger partial charge on any atom is 0.137 e. The van der Waals surface area contributed by atoms with Crippen LogP contribution in [-0.2, 0) is 0 Å². The van der Waals surface area contributed by atoms with E-state index in [2.05, 4.69) is 49.5 Å². The van der Waals surface area contributed by atoms with E-state index in [0.29, 0.717) is 0 Å². The van der Waals surface area contributed by atoms with Crippen LogP contribution in [0.25, 0.3) is 16.5 Å². The number of furan rings is 1. The first-order chi connectivity index (χ1) is 9.24. The van der Waals surface area contributed by atoms with Crippen LogP contribution in [-0.4, -0.2) is 12.6 Å². The minimum atomic E-state index is 0.794. The molecule has 0 saturated heterocycles. The molecule has 0 amide bonds. The topological polar surface area (TPSA) is 25.2 Å². The Balaban J connectivity index is 1.71. The smallest absolute Gasteiger partial charge is 0.137 e. The third-order valence-electron chi connectivity index (χ3n) is 3.73. The van der Waals surface area contributed by atoms with Crippen LogP contribution in [0.1, 0.15) is 37.5 Å². The van der Waals surface area contributed by atoms with Crippen molar-refractivity contribution in [3.8, 4) is 0 Å². The van der Waals surface area contributed by atoms with Crippen molar-refractivity contribution in [2.75, 3.05) is 6.54 Å². The SMILES string of the molecule is C/C(=C/CCNC1CC1)c1cc2cccc(C)c2o1. The van der Waals surface area contributed by atoms with E-state index < -0.39 is 0 Å². The van der Waals surface area contributed by atoms with Crippen LogP contribution in [0.4, 0.5) is 0 Å². The molecule has 1 aliphatic carbocycles.